The van der Waals surface area contributed by atoms with Crippen LogP contribution in [0.1, 0.15) is 16.8 Å². The predicted octanol–water partition coefficient (Wildman–Crippen LogP) is 4.45. The summed E-state index contributed by atoms with van der Waals surface area (Å²) in [6, 6.07) is 14.2. The first-order valence-electron chi connectivity index (χ1n) is 5.87. The standard InChI is InChI=1S/C17H15N/c1-2-3-10-16-11-7-14-18-17(16)13-12-15-8-5-4-6-9-15/h2-14H,1H2. The van der Waals surface area contributed by atoms with E-state index in [1.54, 1.807) is 12.3 Å². The molecule has 0 atom stereocenters. The molecule has 0 fully saturated rings. The van der Waals surface area contributed by atoms with Gasteiger partial charge >= 0.3 is 0 Å². The molecule has 0 amide bonds. The molecule has 1 nitrogen and oxygen atoms in total. The zero-order valence-corrected chi connectivity index (χ0v) is 10.2. The van der Waals surface area contributed by atoms with E-state index in [2.05, 4.69) is 29.8 Å². The van der Waals surface area contributed by atoms with Crippen LogP contribution >= 0.6 is 0 Å². The van der Waals surface area contributed by atoms with Gasteiger partial charge in [-0.25, -0.2) is 0 Å². The van der Waals surface area contributed by atoms with E-state index < -0.39 is 0 Å². The van der Waals surface area contributed by atoms with Crippen LogP contribution in [0, 0.1) is 0 Å². The maximum Gasteiger partial charge on any atom is 0.0702 e. The normalized spacial score (nSPS) is 11.1. The van der Waals surface area contributed by atoms with E-state index >= 15 is 0 Å². The minimum atomic E-state index is 0.958. The van der Waals surface area contributed by atoms with Crippen molar-refractivity contribution >= 4 is 18.2 Å². The number of nitrogens with zero attached hydrogens (tertiary/aromatic N) is 1. The summed E-state index contributed by atoms with van der Waals surface area (Å²) in [4.78, 5) is 4.37. The monoisotopic (exact) mass is 233 g/mol. The zero-order valence-electron chi connectivity index (χ0n) is 10.2. The third-order valence-electron chi connectivity index (χ3n) is 2.52. The third kappa shape index (κ3) is 3.29. The third-order valence-corrected chi connectivity index (χ3v) is 2.52. The second kappa shape index (κ2) is 6.36. The van der Waals surface area contributed by atoms with Crippen molar-refractivity contribution in [1.82, 2.24) is 4.98 Å². The first-order chi connectivity index (χ1) is 8.90. The summed E-state index contributed by atoms with van der Waals surface area (Å²) in [5.41, 5.74) is 3.21. The highest BCUT2D eigenvalue weighted by atomic mass is 14.7. The smallest absolute Gasteiger partial charge is 0.0702 e. The van der Waals surface area contributed by atoms with Crippen molar-refractivity contribution in [2.24, 2.45) is 0 Å². The molecular formula is C17H15N. The molecule has 0 aliphatic heterocycles. The SMILES string of the molecule is C=CC=Cc1cccnc1C=Cc1ccccc1. The molecule has 1 heterocycles. The van der Waals surface area contributed by atoms with Gasteiger partial charge in [-0.2, -0.15) is 0 Å². The fourth-order valence-electron chi connectivity index (χ4n) is 1.62. The molecule has 1 heteroatoms. The lowest BCUT2D eigenvalue weighted by atomic mass is 10.1. The highest BCUT2D eigenvalue weighted by Crippen LogP contribution is 2.12. The Morgan fingerprint density at radius 3 is 2.50 bits per heavy atom. The summed E-state index contributed by atoms with van der Waals surface area (Å²) in [5, 5.41) is 0. The van der Waals surface area contributed by atoms with Gasteiger partial charge in [0.2, 0.25) is 0 Å². The van der Waals surface area contributed by atoms with Crippen LogP contribution in [-0.2, 0) is 0 Å². The highest BCUT2D eigenvalue weighted by molar-refractivity contribution is 5.73. The summed E-state index contributed by atoms with van der Waals surface area (Å²) < 4.78 is 0. The predicted molar refractivity (Wildman–Crippen MR) is 78.8 cm³/mol. The Morgan fingerprint density at radius 1 is 0.889 bits per heavy atom. The number of aromatic nitrogens is 1. The summed E-state index contributed by atoms with van der Waals surface area (Å²) in [6.07, 6.45) is 11.6. The molecule has 2 rings (SSSR count). The fraction of sp³-hybridized carbons (Fsp3) is 0. The van der Waals surface area contributed by atoms with Gasteiger partial charge in [-0.15, -0.1) is 0 Å². The Hall–Kier alpha value is -2.41. The molecule has 0 aliphatic rings. The van der Waals surface area contributed by atoms with Crippen LogP contribution in [0.5, 0.6) is 0 Å². The Labute approximate surface area is 108 Å². The van der Waals surface area contributed by atoms with Gasteiger partial charge in [0.15, 0.2) is 0 Å². The number of rotatable bonds is 4. The molecule has 0 aliphatic carbocycles. The van der Waals surface area contributed by atoms with Gasteiger partial charge in [0, 0.05) is 11.8 Å². The fourth-order valence-corrected chi connectivity index (χ4v) is 1.62. The molecule has 0 radical (unpaired) electrons. The number of allylic oxidation sites excluding steroid dienone is 2. The van der Waals surface area contributed by atoms with Crippen molar-refractivity contribution in [1.29, 1.82) is 0 Å². The lowest BCUT2D eigenvalue weighted by molar-refractivity contribution is 1.28. The lowest BCUT2D eigenvalue weighted by Crippen LogP contribution is -1.84. The molecule has 0 N–H and O–H groups in total. The quantitative estimate of drug-likeness (QED) is 0.711. The van der Waals surface area contributed by atoms with Crippen LogP contribution in [0.15, 0.2) is 67.4 Å². The number of benzene rings is 1. The molecule has 0 saturated carbocycles. The number of pyridine rings is 1. The van der Waals surface area contributed by atoms with E-state index in [1.807, 2.05) is 48.6 Å². The molecule has 1 aromatic heterocycles. The summed E-state index contributed by atoms with van der Waals surface area (Å²) in [6.45, 7) is 3.67. The second-order valence-corrected chi connectivity index (χ2v) is 3.82. The van der Waals surface area contributed by atoms with Crippen molar-refractivity contribution < 1.29 is 0 Å². The lowest BCUT2D eigenvalue weighted by Gasteiger charge is -1.99. The Bertz CT molecular complexity index is 565. The van der Waals surface area contributed by atoms with Gasteiger partial charge < -0.3 is 0 Å². The van der Waals surface area contributed by atoms with Crippen molar-refractivity contribution in [3.05, 3.63) is 84.2 Å². The molecule has 2 aromatic rings. The number of hydrogen-bond acceptors (Lipinski definition) is 1. The molecule has 0 unspecified atom stereocenters. The largest absolute Gasteiger partial charge is 0.256 e. The molecule has 0 saturated heterocycles. The molecule has 88 valence electrons. The van der Waals surface area contributed by atoms with Crippen LogP contribution in [0.2, 0.25) is 0 Å². The minimum absolute atomic E-state index is 0.958. The Morgan fingerprint density at radius 2 is 1.72 bits per heavy atom. The van der Waals surface area contributed by atoms with Gasteiger partial charge in [0.25, 0.3) is 0 Å². The van der Waals surface area contributed by atoms with Gasteiger partial charge in [-0.05, 0) is 17.7 Å². The van der Waals surface area contributed by atoms with Crippen molar-refractivity contribution in [3.63, 3.8) is 0 Å². The van der Waals surface area contributed by atoms with Crippen LogP contribution < -0.4 is 0 Å². The average molecular weight is 233 g/mol. The molecule has 0 spiro atoms. The Balaban J connectivity index is 2.26. The van der Waals surface area contributed by atoms with E-state index in [1.165, 1.54) is 5.56 Å². The minimum Gasteiger partial charge on any atom is -0.256 e. The maximum absolute atomic E-state index is 4.37. The highest BCUT2D eigenvalue weighted by Gasteiger charge is 1.95. The van der Waals surface area contributed by atoms with E-state index in [0.717, 1.165) is 11.3 Å². The van der Waals surface area contributed by atoms with Crippen molar-refractivity contribution in [3.8, 4) is 0 Å². The first kappa shape index (κ1) is 12.1. The van der Waals surface area contributed by atoms with Crippen molar-refractivity contribution in [2.45, 2.75) is 0 Å². The van der Waals surface area contributed by atoms with E-state index in [4.69, 9.17) is 0 Å². The van der Waals surface area contributed by atoms with E-state index in [-0.39, 0.29) is 0 Å². The molecule has 18 heavy (non-hydrogen) atoms. The van der Waals surface area contributed by atoms with Gasteiger partial charge in [-0.1, -0.05) is 67.3 Å². The topological polar surface area (TPSA) is 12.9 Å². The molecule has 0 bridgehead atoms. The van der Waals surface area contributed by atoms with E-state index in [9.17, 15) is 0 Å². The molecule has 1 aromatic carbocycles. The average Bonchev–Trinajstić information content (AvgIpc) is 2.45. The van der Waals surface area contributed by atoms with Gasteiger partial charge in [0.05, 0.1) is 5.69 Å². The van der Waals surface area contributed by atoms with Crippen LogP contribution in [0.25, 0.3) is 18.2 Å². The second-order valence-electron chi connectivity index (χ2n) is 3.82. The first-order valence-corrected chi connectivity index (χ1v) is 5.87. The van der Waals surface area contributed by atoms with Crippen molar-refractivity contribution in [2.75, 3.05) is 0 Å². The maximum atomic E-state index is 4.37. The summed E-state index contributed by atoms with van der Waals surface area (Å²) in [7, 11) is 0. The zero-order chi connectivity index (χ0) is 12.6. The summed E-state index contributed by atoms with van der Waals surface area (Å²) in [5.74, 6) is 0. The molecular weight excluding hydrogens is 218 g/mol. The summed E-state index contributed by atoms with van der Waals surface area (Å²) >= 11 is 0. The Kier molecular flexibility index (Phi) is 4.26. The van der Waals surface area contributed by atoms with Crippen LogP contribution in [0.3, 0.4) is 0 Å². The van der Waals surface area contributed by atoms with Crippen LogP contribution in [0.4, 0.5) is 0 Å². The van der Waals surface area contributed by atoms with Gasteiger partial charge in [0.1, 0.15) is 0 Å². The number of hydrogen-bond donors (Lipinski definition) is 0. The van der Waals surface area contributed by atoms with E-state index in [0.29, 0.717) is 0 Å². The van der Waals surface area contributed by atoms with Gasteiger partial charge in [-0.3, -0.25) is 4.98 Å². The van der Waals surface area contributed by atoms with Crippen LogP contribution in [-0.4, -0.2) is 4.98 Å².